The Bertz CT molecular complexity index is 854. The lowest BCUT2D eigenvalue weighted by atomic mass is 10.2. The Morgan fingerprint density at radius 3 is 2.77 bits per heavy atom. The normalized spacial score (nSPS) is 10.7. The van der Waals surface area contributed by atoms with E-state index in [2.05, 4.69) is 21.2 Å². The third kappa shape index (κ3) is 2.85. The van der Waals surface area contributed by atoms with Gasteiger partial charge in [-0.1, -0.05) is 22.0 Å². The van der Waals surface area contributed by atoms with Crippen molar-refractivity contribution in [3.05, 3.63) is 58.3 Å². The SMILES string of the molecule is COc1ccc(C)cc1NC(=O)c1cc2cc(Br)ccc2o1. The number of aryl methyl sites for hydroxylation is 1. The number of hydrogen-bond acceptors (Lipinski definition) is 3. The van der Waals surface area contributed by atoms with Gasteiger partial charge in [0.15, 0.2) is 5.76 Å². The molecule has 0 atom stereocenters. The van der Waals surface area contributed by atoms with Gasteiger partial charge >= 0.3 is 0 Å². The van der Waals surface area contributed by atoms with Crippen LogP contribution in [-0.2, 0) is 0 Å². The second-order valence-corrected chi connectivity index (χ2v) is 5.87. The molecule has 1 N–H and O–H groups in total. The average Bonchev–Trinajstić information content (AvgIpc) is 2.90. The summed E-state index contributed by atoms with van der Waals surface area (Å²) in [4.78, 5) is 12.4. The van der Waals surface area contributed by atoms with Crippen LogP contribution in [-0.4, -0.2) is 13.0 Å². The van der Waals surface area contributed by atoms with E-state index in [-0.39, 0.29) is 11.7 Å². The molecule has 0 spiro atoms. The Morgan fingerprint density at radius 1 is 1.18 bits per heavy atom. The summed E-state index contributed by atoms with van der Waals surface area (Å²) in [5.41, 5.74) is 2.32. The summed E-state index contributed by atoms with van der Waals surface area (Å²) < 4.78 is 11.8. The molecule has 0 fully saturated rings. The van der Waals surface area contributed by atoms with Crippen LogP contribution < -0.4 is 10.1 Å². The maximum Gasteiger partial charge on any atom is 0.291 e. The molecule has 1 aromatic heterocycles. The number of amides is 1. The number of rotatable bonds is 3. The molecule has 1 heterocycles. The fourth-order valence-corrected chi connectivity index (χ4v) is 2.61. The highest BCUT2D eigenvalue weighted by Crippen LogP contribution is 2.27. The molecule has 0 aliphatic carbocycles. The molecule has 22 heavy (non-hydrogen) atoms. The summed E-state index contributed by atoms with van der Waals surface area (Å²) in [6, 6.07) is 12.9. The lowest BCUT2D eigenvalue weighted by Gasteiger charge is -2.09. The first-order chi connectivity index (χ1) is 10.6. The Labute approximate surface area is 136 Å². The predicted octanol–water partition coefficient (Wildman–Crippen LogP) is 4.76. The molecule has 0 saturated heterocycles. The van der Waals surface area contributed by atoms with E-state index in [1.807, 2.05) is 43.3 Å². The fraction of sp³-hybridized carbons (Fsp3) is 0.118. The number of fused-ring (bicyclic) bond motifs is 1. The molecule has 3 rings (SSSR count). The van der Waals surface area contributed by atoms with Gasteiger partial charge in [0.1, 0.15) is 11.3 Å². The van der Waals surface area contributed by atoms with E-state index in [9.17, 15) is 4.79 Å². The highest BCUT2D eigenvalue weighted by Gasteiger charge is 2.15. The molecule has 0 bridgehead atoms. The van der Waals surface area contributed by atoms with Crippen LogP contribution in [0.2, 0.25) is 0 Å². The van der Waals surface area contributed by atoms with Crippen LogP contribution in [0.4, 0.5) is 5.69 Å². The van der Waals surface area contributed by atoms with E-state index in [4.69, 9.17) is 9.15 Å². The van der Waals surface area contributed by atoms with Crippen molar-refractivity contribution in [2.75, 3.05) is 12.4 Å². The molecule has 0 saturated carbocycles. The quantitative estimate of drug-likeness (QED) is 0.732. The minimum atomic E-state index is -0.309. The van der Waals surface area contributed by atoms with Crippen molar-refractivity contribution in [3.8, 4) is 5.75 Å². The molecular weight excluding hydrogens is 346 g/mol. The molecule has 1 amide bonds. The highest BCUT2D eigenvalue weighted by atomic mass is 79.9. The summed E-state index contributed by atoms with van der Waals surface area (Å²) >= 11 is 3.40. The van der Waals surface area contributed by atoms with Crippen molar-refractivity contribution in [2.24, 2.45) is 0 Å². The summed E-state index contributed by atoms with van der Waals surface area (Å²) in [7, 11) is 1.57. The number of furan rings is 1. The number of methoxy groups -OCH3 is 1. The Hall–Kier alpha value is -2.27. The van der Waals surface area contributed by atoms with E-state index in [1.54, 1.807) is 13.2 Å². The van der Waals surface area contributed by atoms with Gasteiger partial charge in [0.05, 0.1) is 12.8 Å². The van der Waals surface area contributed by atoms with Gasteiger partial charge in [0.25, 0.3) is 5.91 Å². The average molecular weight is 360 g/mol. The van der Waals surface area contributed by atoms with Crippen molar-refractivity contribution in [2.45, 2.75) is 6.92 Å². The predicted molar refractivity (Wildman–Crippen MR) is 89.6 cm³/mol. The van der Waals surface area contributed by atoms with Gasteiger partial charge in [-0.15, -0.1) is 0 Å². The Balaban J connectivity index is 1.91. The number of ether oxygens (including phenoxy) is 1. The van der Waals surface area contributed by atoms with Crippen molar-refractivity contribution in [1.29, 1.82) is 0 Å². The van der Waals surface area contributed by atoms with Crippen molar-refractivity contribution < 1.29 is 13.9 Å². The van der Waals surface area contributed by atoms with Gasteiger partial charge in [-0.25, -0.2) is 0 Å². The smallest absolute Gasteiger partial charge is 0.291 e. The van der Waals surface area contributed by atoms with Crippen molar-refractivity contribution in [3.63, 3.8) is 0 Å². The van der Waals surface area contributed by atoms with Crippen LogP contribution in [0.5, 0.6) is 5.75 Å². The second-order valence-electron chi connectivity index (χ2n) is 4.95. The Kier molecular flexibility index (Phi) is 3.90. The summed E-state index contributed by atoms with van der Waals surface area (Å²) in [6.45, 7) is 1.95. The maximum atomic E-state index is 12.4. The fourth-order valence-electron chi connectivity index (χ4n) is 2.23. The van der Waals surface area contributed by atoms with E-state index in [0.29, 0.717) is 17.0 Å². The van der Waals surface area contributed by atoms with Gasteiger partial charge < -0.3 is 14.5 Å². The van der Waals surface area contributed by atoms with Gasteiger partial charge in [0, 0.05) is 9.86 Å². The van der Waals surface area contributed by atoms with Crippen LogP contribution >= 0.6 is 15.9 Å². The Morgan fingerprint density at radius 2 is 2.00 bits per heavy atom. The number of carbonyl (C=O) groups excluding carboxylic acids is 1. The van der Waals surface area contributed by atoms with Crippen molar-refractivity contribution in [1.82, 2.24) is 0 Å². The van der Waals surface area contributed by atoms with Crippen LogP contribution in [0.3, 0.4) is 0 Å². The zero-order valence-electron chi connectivity index (χ0n) is 12.1. The number of halogens is 1. The number of nitrogens with one attached hydrogen (secondary N) is 1. The molecule has 5 heteroatoms. The minimum Gasteiger partial charge on any atom is -0.495 e. The maximum absolute atomic E-state index is 12.4. The van der Waals surface area contributed by atoms with E-state index in [0.717, 1.165) is 15.4 Å². The topological polar surface area (TPSA) is 51.5 Å². The molecule has 2 aromatic carbocycles. The van der Waals surface area contributed by atoms with Crippen LogP contribution in [0.25, 0.3) is 11.0 Å². The zero-order chi connectivity index (χ0) is 15.7. The molecule has 0 aliphatic heterocycles. The summed E-state index contributed by atoms with van der Waals surface area (Å²) in [6.07, 6.45) is 0. The number of carbonyl (C=O) groups is 1. The number of hydrogen-bond donors (Lipinski definition) is 1. The van der Waals surface area contributed by atoms with Gasteiger partial charge in [0.2, 0.25) is 0 Å². The van der Waals surface area contributed by atoms with Crippen LogP contribution in [0, 0.1) is 6.92 Å². The highest BCUT2D eigenvalue weighted by molar-refractivity contribution is 9.10. The molecule has 4 nitrogen and oxygen atoms in total. The lowest BCUT2D eigenvalue weighted by molar-refractivity contribution is 0.0998. The summed E-state index contributed by atoms with van der Waals surface area (Å²) in [5.74, 6) is 0.561. The first kappa shape index (κ1) is 14.7. The van der Waals surface area contributed by atoms with Crippen LogP contribution in [0.1, 0.15) is 16.1 Å². The molecule has 3 aromatic rings. The second kappa shape index (κ2) is 5.85. The number of anilines is 1. The van der Waals surface area contributed by atoms with Gasteiger partial charge in [-0.2, -0.15) is 0 Å². The molecule has 112 valence electrons. The third-order valence-corrected chi connectivity index (χ3v) is 3.80. The molecule has 0 aliphatic rings. The third-order valence-electron chi connectivity index (χ3n) is 3.31. The van der Waals surface area contributed by atoms with E-state index >= 15 is 0 Å². The van der Waals surface area contributed by atoms with Gasteiger partial charge in [-0.05, 0) is 48.9 Å². The molecule has 0 unspecified atom stereocenters. The largest absolute Gasteiger partial charge is 0.495 e. The minimum absolute atomic E-state index is 0.261. The monoisotopic (exact) mass is 359 g/mol. The molecular formula is C17H14BrNO3. The van der Waals surface area contributed by atoms with E-state index in [1.165, 1.54) is 0 Å². The first-order valence-electron chi connectivity index (χ1n) is 6.72. The standard InChI is InChI=1S/C17H14BrNO3/c1-10-3-5-15(21-2)13(7-10)19-17(20)16-9-11-8-12(18)4-6-14(11)22-16/h3-9H,1-2H3,(H,19,20). The number of benzene rings is 2. The van der Waals surface area contributed by atoms with Gasteiger partial charge in [-0.3, -0.25) is 4.79 Å². The van der Waals surface area contributed by atoms with E-state index < -0.39 is 0 Å². The van der Waals surface area contributed by atoms with Crippen LogP contribution in [0.15, 0.2) is 51.4 Å². The zero-order valence-corrected chi connectivity index (χ0v) is 13.7. The lowest BCUT2D eigenvalue weighted by Crippen LogP contribution is -2.11. The first-order valence-corrected chi connectivity index (χ1v) is 7.51. The summed E-state index contributed by atoms with van der Waals surface area (Å²) in [5, 5.41) is 3.70. The molecule has 0 radical (unpaired) electrons. The van der Waals surface area contributed by atoms with Crippen molar-refractivity contribution >= 4 is 38.5 Å².